The number of anilines is 1. The van der Waals surface area contributed by atoms with Crippen LogP contribution in [0.3, 0.4) is 0 Å². The van der Waals surface area contributed by atoms with E-state index in [1.54, 1.807) is 14.2 Å². The third-order valence-corrected chi connectivity index (χ3v) is 4.83. The third-order valence-electron chi connectivity index (χ3n) is 4.83. The van der Waals surface area contributed by atoms with E-state index in [1.807, 2.05) is 25.1 Å². The van der Waals surface area contributed by atoms with Gasteiger partial charge in [0.1, 0.15) is 17.2 Å². The zero-order valence-corrected chi connectivity index (χ0v) is 15.0. The smallest absolute Gasteiger partial charge is 0.227 e. The van der Waals surface area contributed by atoms with Crippen molar-refractivity contribution in [2.45, 2.75) is 39.0 Å². The Morgan fingerprint density at radius 3 is 2.64 bits per heavy atom. The van der Waals surface area contributed by atoms with Gasteiger partial charge in [-0.1, -0.05) is 19.3 Å². The summed E-state index contributed by atoms with van der Waals surface area (Å²) in [5.41, 5.74) is 2.98. The van der Waals surface area contributed by atoms with Crippen LogP contribution in [0, 0.1) is 12.8 Å². The molecule has 6 heteroatoms. The van der Waals surface area contributed by atoms with Gasteiger partial charge >= 0.3 is 0 Å². The highest BCUT2D eigenvalue weighted by Gasteiger charge is 2.24. The Bertz CT molecular complexity index is 748. The minimum absolute atomic E-state index is 0.0762. The molecule has 2 N–H and O–H groups in total. The van der Waals surface area contributed by atoms with Crippen LogP contribution in [0.15, 0.2) is 18.2 Å². The van der Waals surface area contributed by atoms with Crippen molar-refractivity contribution in [2.75, 3.05) is 19.5 Å². The third kappa shape index (κ3) is 3.62. The maximum Gasteiger partial charge on any atom is 0.227 e. The first-order valence-electron chi connectivity index (χ1n) is 8.72. The van der Waals surface area contributed by atoms with Gasteiger partial charge in [0.15, 0.2) is 0 Å². The molecule has 1 heterocycles. The molecule has 0 bridgehead atoms. The number of carbonyl (C=O) groups excluding carboxylic acids is 1. The predicted molar refractivity (Wildman–Crippen MR) is 97.1 cm³/mol. The number of carbonyl (C=O) groups is 1. The molecule has 1 amide bonds. The van der Waals surface area contributed by atoms with Crippen molar-refractivity contribution in [3.05, 3.63) is 23.9 Å². The van der Waals surface area contributed by atoms with E-state index in [9.17, 15) is 4.79 Å². The average Bonchev–Trinajstić information content (AvgIpc) is 3.02. The van der Waals surface area contributed by atoms with E-state index >= 15 is 0 Å². The predicted octanol–water partition coefficient (Wildman–Crippen LogP) is 3.92. The van der Waals surface area contributed by atoms with E-state index in [1.165, 1.54) is 6.42 Å². The summed E-state index contributed by atoms with van der Waals surface area (Å²) in [7, 11) is 3.23. The summed E-state index contributed by atoms with van der Waals surface area (Å²) in [6.07, 6.45) is 5.39. The van der Waals surface area contributed by atoms with Crippen LogP contribution in [0.2, 0.25) is 0 Å². The molecule has 25 heavy (non-hydrogen) atoms. The number of H-pyrrole nitrogens is 1. The highest BCUT2D eigenvalue weighted by molar-refractivity contribution is 5.97. The van der Waals surface area contributed by atoms with Crippen molar-refractivity contribution in [1.29, 1.82) is 0 Å². The fourth-order valence-electron chi connectivity index (χ4n) is 3.37. The van der Waals surface area contributed by atoms with Crippen LogP contribution in [0.4, 0.5) is 5.69 Å². The van der Waals surface area contributed by atoms with Crippen LogP contribution in [0.5, 0.6) is 11.5 Å². The highest BCUT2D eigenvalue weighted by Crippen LogP contribution is 2.38. The lowest BCUT2D eigenvalue weighted by Gasteiger charge is -2.21. The van der Waals surface area contributed by atoms with E-state index in [0.717, 1.165) is 36.9 Å². The van der Waals surface area contributed by atoms with Gasteiger partial charge in [-0.2, -0.15) is 5.10 Å². The highest BCUT2D eigenvalue weighted by atomic mass is 16.5. The molecule has 3 rings (SSSR count). The first-order chi connectivity index (χ1) is 12.1. The van der Waals surface area contributed by atoms with Crippen LogP contribution in [-0.4, -0.2) is 30.3 Å². The van der Waals surface area contributed by atoms with Crippen molar-refractivity contribution >= 4 is 11.6 Å². The van der Waals surface area contributed by atoms with E-state index < -0.39 is 0 Å². The molecule has 0 atom stereocenters. The first kappa shape index (κ1) is 17.3. The molecule has 1 fully saturated rings. The molecule has 1 aromatic carbocycles. The second-order valence-electron chi connectivity index (χ2n) is 6.46. The first-order valence-corrected chi connectivity index (χ1v) is 8.72. The molecule has 0 saturated heterocycles. The molecular weight excluding hydrogens is 318 g/mol. The van der Waals surface area contributed by atoms with Crippen molar-refractivity contribution in [3.63, 3.8) is 0 Å². The van der Waals surface area contributed by atoms with E-state index in [0.29, 0.717) is 22.9 Å². The van der Waals surface area contributed by atoms with E-state index in [2.05, 4.69) is 15.5 Å². The SMILES string of the molecule is COc1ccc(OC)c(-c2n[nH]c(C)c2NC(=O)C2CCCCC2)c1. The summed E-state index contributed by atoms with van der Waals surface area (Å²) in [4.78, 5) is 12.7. The van der Waals surface area contributed by atoms with E-state index in [4.69, 9.17) is 9.47 Å². The fourth-order valence-corrected chi connectivity index (χ4v) is 3.37. The van der Waals surface area contributed by atoms with Crippen LogP contribution < -0.4 is 14.8 Å². The second-order valence-corrected chi connectivity index (χ2v) is 6.46. The number of nitrogens with zero attached hydrogens (tertiary/aromatic N) is 1. The summed E-state index contributed by atoms with van der Waals surface area (Å²) in [5, 5.41) is 10.5. The number of benzene rings is 1. The number of nitrogens with one attached hydrogen (secondary N) is 2. The minimum Gasteiger partial charge on any atom is -0.497 e. The lowest BCUT2D eigenvalue weighted by molar-refractivity contribution is -0.120. The van der Waals surface area contributed by atoms with Crippen LogP contribution in [-0.2, 0) is 4.79 Å². The van der Waals surface area contributed by atoms with Crippen molar-refractivity contribution < 1.29 is 14.3 Å². The number of aromatic nitrogens is 2. The second kappa shape index (κ2) is 7.59. The Kier molecular flexibility index (Phi) is 5.26. The monoisotopic (exact) mass is 343 g/mol. The van der Waals surface area contributed by atoms with Gasteiger partial charge in [0.2, 0.25) is 5.91 Å². The van der Waals surface area contributed by atoms with Crippen LogP contribution in [0.25, 0.3) is 11.3 Å². The average molecular weight is 343 g/mol. The zero-order valence-electron chi connectivity index (χ0n) is 15.0. The summed E-state index contributed by atoms with van der Waals surface area (Å²) in [6.45, 7) is 1.90. The Morgan fingerprint density at radius 1 is 1.20 bits per heavy atom. The van der Waals surface area contributed by atoms with Gasteiger partial charge < -0.3 is 14.8 Å². The molecule has 134 valence electrons. The molecule has 1 aromatic heterocycles. The Morgan fingerprint density at radius 2 is 1.96 bits per heavy atom. The molecule has 1 aliphatic rings. The molecule has 0 spiro atoms. The van der Waals surface area contributed by atoms with Gasteiger partial charge in [0.05, 0.1) is 25.6 Å². The number of hydrogen-bond donors (Lipinski definition) is 2. The number of aryl methyl sites for hydroxylation is 1. The Hall–Kier alpha value is -2.50. The molecule has 0 unspecified atom stereocenters. The summed E-state index contributed by atoms with van der Waals surface area (Å²) >= 11 is 0. The van der Waals surface area contributed by atoms with Gasteiger partial charge in [-0.05, 0) is 38.0 Å². The number of methoxy groups -OCH3 is 2. The quantitative estimate of drug-likeness (QED) is 0.863. The summed E-state index contributed by atoms with van der Waals surface area (Å²) < 4.78 is 10.8. The lowest BCUT2D eigenvalue weighted by atomic mass is 9.88. The van der Waals surface area contributed by atoms with Crippen molar-refractivity contribution in [2.24, 2.45) is 5.92 Å². The fraction of sp³-hybridized carbons (Fsp3) is 0.474. The van der Waals surface area contributed by atoms with Crippen molar-refractivity contribution in [1.82, 2.24) is 10.2 Å². The Labute approximate surface area is 147 Å². The lowest BCUT2D eigenvalue weighted by Crippen LogP contribution is -2.25. The molecule has 0 aliphatic heterocycles. The Balaban J connectivity index is 1.93. The summed E-state index contributed by atoms with van der Waals surface area (Å²) in [5.74, 6) is 1.55. The van der Waals surface area contributed by atoms with Gasteiger partial charge in [-0.25, -0.2) is 0 Å². The van der Waals surface area contributed by atoms with Gasteiger partial charge in [0.25, 0.3) is 0 Å². The largest absolute Gasteiger partial charge is 0.497 e. The number of ether oxygens (including phenoxy) is 2. The zero-order chi connectivity index (χ0) is 17.8. The number of aromatic amines is 1. The van der Waals surface area contributed by atoms with E-state index in [-0.39, 0.29) is 11.8 Å². The van der Waals surface area contributed by atoms with Gasteiger partial charge in [-0.15, -0.1) is 0 Å². The molecule has 6 nitrogen and oxygen atoms in total. The van der Waals surface area contributed by atoms with Crippen molar-refractivity contribution in [3.8, 4) is 22.8 Å². The van der Waals surface area contributed by atoms with Gasteiger partial charge in [-0.3, -0.25) is 9.89 Å². The minimum atomic E-state index is 0.0762. The number of rotatable bonds is 5. The van der Waals surface area contributed by atoms with Gasteiger partial charge in [0, 0.05) is 11.5 Å². The summed E-state index contributed by atoms with van der Waals surface area (Å²) in [6, 6.07) is 5.54. The van der Waals surface area contributed by atoms with Crippen LogP contribution in [0.1, 0.15) is 37.8 Å². The molecule has 2 aromatic rings. The molecule has 1 saturated carbocycles. The number of amides is 1. The molecule has 0 radical (unpaired) electrons. The molecular formula is C19H25N3O3. The topological polar surface area (TPSA) is 76.2 Å². The normalized spacial score (nSPS) is 15.0. The number of hydrogen-bond acceptors (Lipinski definition) is 4. The molecule has 1 aliphatic carbocycles. The maximum absolute atomic E-state index is 12.7. The standard InChI is InChI=1S/C19H25N3O3/c1-12-17(20-19(23)13-7-5-4-6-8-13)18(22-21-12)15-11-14(24-2)9-10-16(15)25-3/h9-11,13H,4-8H2,1-3H3,(H,20,23)(H,21,22). The maximum atomic E-state index is 12.7. The van der Waals surface area contributed by atoms with Crippen LogP contribution >= 0.6 is 0 Å².